The number of piperidine rings is 1. The van der Waals surface area contributed by atoms with Crippen molar-refractivity contribution < 1.29 is 0 Å². The fourth-order valence-electron chi connectivity index (χ4n) is 3.50. The molecule has 0 bridgehead atoms. The quantitative estimate of drug-likeness (QED) is 0.941. The Morgan fingerprint density at radius 1 is 1.38 bits per heavy atom. The maximum Gasteiger partial charge on any atom is 0.0627 e. The first-order chi connectivity index (χ1) is 11.5. The molecule has 0 saturated carbocycles. The van der Waals surface area contributed by atoms with E-state index < -0.39 is 0 Å². The molecule has 24 heavy (non-hydrogen) atoms. The molecular formula is C21H25N3. The molecule has 3 rings (SSSR count). The number of H-pyrrole nitrogens is 1. The first-order valence-corrected chi connectivity index (χ1v) is 8.55. The van der Waals surface area contributed by atoms with Crippen molar-refractivity contribution in [3.8, 4) is 6.07 Å². The van der Waals surface area contributed by atoms with Crippen LogP contribution in [0, 0.1) is 16.7 Å². The summed E-state index contributed by atoms with van der Waals surface area (Å²) < 4.78 is 0. The van der Waals surface area contributed by atoms with E-state index in [9.17, 15) is 0 Å². The van der Waals surface area contributed by atoms with Gasteiger partial charge in [0.05, 0.1) is 6.07 Å². The second-order valence-corrected chi connectivity index (χ2v) is 7.29. The van der Waals surface area contributed by atoms with E-state index in [0.717, 1.165) is 54.1 Å². The highest BCUT2D eigenvalue weighted by atomic mass is 15.1. The lowest BCUT2D eigenvalue weighted by molar-refractivity contribution is 0.130. The standard InChI is InChI=1S/C21H25N3/c1-16(15-24-12-9-21(3,8-11-22)10-13-24)14-20-17(2)18-6-4-5-7-19(18)23-20/h4-7,14,23H,1-2,8-10,12-13,15H2,3H3/b20-14+. The summed E-state index contributed by atoms with van der Waals surface area (Å²) in [6.45, 7) is 13.6. The van der Waals surface area contributed by atoms with Crippen molar-refractivity contribution in [3.05, 3.63) is 47.0 Å². The maximum atomic E-state index is 8.95. The predicted molar refractivity (Wildman–Crippen MR) is 101 cm³/mol. The van der Waals surface area contributed by atoms with Gasteiger partial charge in [-0.25, -0.2) is 0 Å². The van der Waals surface area contributed by atoms with Gasteiger partial charge in [-0.2, -0.15) is 5.26 Å². The van der Waals surface area contributed by atoms with Gasteiger partial charge in [0.2, 0.25) is 0 Å². The van der Waals surface area contributed by atoms with Gasteiger partial charge >= 0.3 is 0 Å². The molecule has 0 unspecified atom stereocenters. The van der Waals surface area contributed by atoms with E-state index in [0.29, 0.717) is 6.42 Å². The average molecular weight is 319 g/mol. The van der Waals surface area contributed by atoms with Crippen LogP contribution in [0.2, 0.25) is 0 Å². The molecule has 1 aromatic heterocycles. The number of nitrogens with one attached hydrogen (secondary N) is 1. The van der Waals surface area contributed by atoms with Gasteiger partial charge in [0.25, 0.3) is 0 Å². The van der Waals surface area contributed by atoms with Crippen LogP contribution in [0.15, 0.2) is 36.4 Å². The van der Waals surface area contributed by atoms with Gasteiger partial charge in [-0.15, -0.1) is 0 Å². The van der Waals surface area contributed by atoms with Crippen molar-refractivity contribution in [2.24, 2.45) is 5.41 Å². The van der Waals surface area contributed by atoms with Crippen LogP contribution < -0.4 is 10.6 Å². The molecule has 124 valence electrons. The number of nitriles is 1. The van der Waals surface area contributed by atoms with Crippen LogP contribution in [0.3, 0.4) is 0 Å². The van der Waals surface area contributed by atoms with E-state index in [2.05, 4.69) is 54.2 Å². The van der Waals surface area contributed by atoms with Crippen LogP contribution >= 0.6 is 0 Å². The SMILES string of the molecule is C=C(/C=c1/[nH]c2ccccc2c1=C)CN1CCC(C)(CC#N)CC1. The van der Waals surface area contributed by atoms with Crippen LogP contribution in [-0.2, 0) is 0 Å². The summed E-state index contributed by atoms with van der Waals surface area (Å²) in [6.07, 6.45) is 4.95. The third-order valence-electron chi connectivity index (χ3n) is 5.19. The molecule has 1 fully saturated rings. The molecule has 1 N–H and O–H groups in total. The van der Waals surface area contributed by atoms with Gasteiger partial charge in [-0.3, -0.25) is 4.90 Å². The van der Waals surface area contributed by atoms with E-state index in [-0.39, 0.29) is 5.41 Å². The molecule has 0 spiro atoms. The number of hydrogen-bond donors (Lipinski definition) is 1. The molecule has 1 saturated heterocycles. The summed E-state index contributed by atoms with van der Waals surface area (Å²) in [5.74, 6) is 0. The summed E-state index contributed by atoms with van der Waals surface area (Å²) in [5, 5.41) is 12.2. The molecular weight excluding hydrogens is 294 g/mol. The smallest absolute Gasteiger partial charge is 0.0627 e. The minimum absolute atomic E-state index is 0.188. The van der Waals surface area contributed by atoms with Gasteiger partial charge in [0.15, 0.2) is 0 Å². The van der Waals surface area contributed by atoms with Gasteiger partial charge in [-0.1, -0.05) is 38.3 Å². The third-order valence-corrected chi connectivity index (χ3v) is 5.19. The summed E-state index contributed by atoms with van der Waals surface area (Å²) in [7, 11) is 0. The lowest BCUT2D eigenvalue weighted by Gasteiger charge is -2.38. The van der Waals surface area contributed by atoms with Crippen LogP contribution in [0.5, 0.6) is 0 Å². The number of hydrogen-bond acceptors (Lipinski definition) is 2. The largest absolute Gasteiger partial charge is 0.355 e. The summed E-state index contributed by atoms with van der Waals surface area (Å²) >= 11 is 0. The lowest BCUT2D eigenvalue weighted by Crippen LogP contribution is -2.39. The zero-order chi connectivity index (χ0) is 17.2. The summed E-state index contributed by atoms with van der Waals surface area (Å²) in [5.41, 5.74) is 2.40. The zero-order valence-electron chi connectivity index (χ0n) is 14.4. The Labute approximate surface area is 143 Å². The summed E-state index contributed by atoms with van der Waals surface area (Å²) in [4.78, 5) is 5.86. The van der Waals surface area contributed by atoms with E-state index >= 15 is 0 Å². The zero-order valence-corrected chi connectivity index (χ0v) is 14.4. The molecule has 1 aliphatic heterocycles. The number of aromatic amines is 1. The van der Waals surface area contributed by atoms with Crippen molar-refractivity contribution in [3.63, 3.8) is 0 Å². The van der Waals surface area contributed by atoms with Crippen LogP contribution in [0.4, 0.5) is 0 Å². The van der Waals surface area contributed by atoms with Crippen LogP contribution in [-0.4, -0.2) is 29.5 Å². The Balaban J connectivity index is 1.69. The molecule has 3 nitrogen and oxygen atoms in total. The normalized spacial score (nSPS) is 18.6. The Morgan fingerprint density at radius 3 is 2.75 bits per heavy atom. The van der Waals surface area contributed by atoms with Crippen molar-refractivity contribution >= 4 is 23.6 Å². The van der Waals surface area contributed by atoms with Crippen LogP contribution in [0.1, 0.15) is 26.2 Å². The molecule has 2 heterocycles. The van der Waals surface area contributed by atoms with Gasteiger partial charge in [0, 0.05) is 34.4 Å². The third kappa shape index (κ3) is 3.44. The molecule has 0 aliphatic carbocycles. The molecule has 1 aliphatic rings. The molecule has 1 aromatic carbocycles. The van der Waals surface area contributed by atoms with Crippen LogP contribution in [0.25, 0.3) is 23.6 Å². The molecule has 0 atom stereocenters. The number of aromatic nitrogens is 1. The van der Waals surface area contributed by atoms with E-state index in [4.69, 9.17) is 5.26 Å². The van der Waals surface area contributed by atoms with Gasteiger partial charge in [-0.05, 0) is 49.1 Å². The first-order valence-electron chi connectivity index (χ1n) is 8.55. The van der Waals surface area contributed by atoms with Gasteiger partial charge < -0.3 is 4.98 Å². The minimum Gasteiger partial charge on any atom is -0.355 e. The number of benzene rings is 1. The second kappa shape index (κ2) is 6.67. The monoisotopic (exact) mass is 319 g/mol. The number of nitrogens with zero attached hydrogens (tertiary/aromatic N) is 2. The highest BCUT2D eigenvalue weighted by Gasteiger charge is 2.29. The number of likely N-dealkylation sites (tertiary alicyclic amines) is 1. The van der Waals surface area contributed by atoms with Gasteiger partial charge in [0.1, 0.15) is 0 Å². The Kier molecular flexibility index (Phi) is 4.59. The van der Waals surface area contributed by atoms with Crippen molar-refractivity contribution in [1.29, 1.82) is 5.26 Å². The molecule has 0 amide bonds. The predicted octanol–water partition coefficient (Wildman–Crippen LogP) is 2.93. The highest BCUT2D eigenvalue weighted by molar-refractivity contribution is 5.80. The van der Waals surface area contributed by atoms with E-state index in [1.807, 2.05) is 12.1 Å². The Hall–Kier alpha value is -2.31. The van der Waals surface area contributed by atoms with Crippen molar-refractivity contribution in [2.45, 2.75) is 26.2 Å². The number of para-hydroxylation sites is 1. The molecule has 0 radical (unpaired) electrons. The summed E-state index contributed by atoms with van der Waals surface area (Å²) in [6, 6.07) is 10.6. The maximum absolute atomic E-state index is 8.95. The van der Waals surface area contributed by atoms with Crippen molar-refractivity contribution in [2.75, 3.05) is 19.6 Å². The second-order valence-electron chi connectivity index (χ2n) is 7.29. The molecule has 2 aromatic rings. The fourth-order valence-corrected chi connectivity index (χ4v) is 3.50. The average Bonchev–Trinajstić information content (AvgIpc) is 2.86. The first kappa shape index (κ1) is 16.5. The fraction of sp³-hybridized carbons (Fsp3) is 0.381. The molecule has 3 heteroatoms. The number of rotatable bonds is 4. The van der Waals surface area contributed by atoms with E-state index in [1.165, 1.54) is 5.39 Å². The lowest BCUT2D eigenvalue weighted by atomic mass is 9.78. The highest BCUT2D eigenvalue weighted by Crippen LogP contribution is 2.33. The Bertz CT molecular complexity index is 889. The minimum atomic E-state index is 0.188. The van der Waals surface area contributed by atoms with E-state index in [1.54, 1.807) is 0 Å². The number of fused-ring (bicyclic) bond motifs is 1. The Morgan fingerprint density at radius 2 is 2.08 bits per heavy atom. The van der Waals surface area contributed by atoms with Crippen molar-refractivity contribution in [1.82, 2.24) is 9.88 Å². The topological polar surface area (TPSA) is 42.8 Å².